The smallest absolute Gasteiger partial charge is 0.225 e. The van der Waals surface area contributed by atoms with E-state index in [2.05, 4.69) is 35.9 Å². The Morgan fingerprint density at radius 3 is 2.47 bits per heavy atom. The van der Waals surface area contributed by atoms with Gasteiger partial charge in [-0.1, -0.05) is 26.0 Å². The van der Waals surface area contributed by atoms with Crippen molar-refractivity contribution >= 4 is 11.6 Å². The number of aromatic nitrogens is 2. The van der Waals surface area contributed by atoms with Crippen molar-refractivity contribution in [3.05, 3.63) is 46.4 Å². The zero-order valence-corrected chi connectivity index (χ0v) is 12.3. The topological polar surface area (TPSA) is 35.0 Å². The lowest BCUT2D eigenvalue weighted by Crippen LogP contribution is -1.96. The van der Waals surface area contributed by atoms with Gasteiger partial charge < -0.3 is 4.74 Å². The molecule has 0 fully saturated rings. The van der Waals surface area contributed by atoms with Crippen LogP contribution in [0.15, 0.2) is 24.3 Å². The molecule has 0 aliphatic rings. The lowest BCUT2D eigenvalue weighted by Gasteiger charge is -2.12. The van der Waals surface area contributed by atoms with Gasteiger partial charge in [-0.15, -0.1) is 0 Å². The van der Waals surface area contributed by atoms with E-state index in [4.69, 9.17) is 16.3 Å². The van der Waals surface area contributed by atoms with E-state index in [-0.39, 0.29) is 5.28 Å². The van der Waals surface area contributed by atoms with E-state index >= 15 is 0 Å². The Labute approximate surface area is 118 Å². The van der Waals surface area contributed by atoms with Crippen LogP contribution in [0, 0.1) is 13.8 Å². The van der Waals surface area contributed by atoms with Gasteiger partial charge in [-0.2, -0.15) is 4.98 Å². The van der Waals surface area contributed by atoms with Crippen molar-refractivity contribution < 1.29 is 4.74 Å². The van der Waals surface area contributed by atoms with Crippen molar-refractivity contribution in [2.45, 2.75) is 33.6 Å². The summed E-state index contributed by atoms with van der Waals surface area (Å²) in [6.45, 7) is 8.17. The van der Waals surface area contributed by atoms with Gasteiger partial charge in [0.05, 0.1) is 0 Å². The fourth-order valence-corrected chi connectivity index (χ4v) is 1.97. The van der Waals surface area contributed by atoms with Crippen LogP contribution >= 0.6 is 11.6 Å². The minimum absolute atomic E-state index is 0.202. The number of ether oxygens (including phenoxy) is 1. The molecule has 0 N–H and O–H groups in total. The Hall–Kier alpha value is -1.61. The molecule has 1 aromatic carbocycles. The number of aryl methyl sites for hydroxylation is 2. The normalized spacial score (nSPS) is 10.8. The molecule has 100 valence electrons. The number of benzene rings is 1. The van der Waals surface area contributed by atoms with Crippen LogP contribution in [0.5, 0.6) is 11.6 Å². The van der Waals surface area contributed by atoms with Crippen molar-refractivity contribution in [1.29, 1.82) is 0 Å². The standard InChI is InChI=1S/C15H17ClN2O/c1-9(2)12-6-5-10(3)13(8-12)19-14-7-11(4)17-15(16)18-14/h5-9H,1-4H3. The summed E-state index contributed by atoms with van der Waals surface area (Å²) in [6.07, 6.45) is 0. The van der Waals surface area contributed by atoms with Crippen LogP contribution in [0.4, 0.5) is 0 Å². The zero-order chi connectivity index (χ0) is 14.0. The van der Waals surface area contributed by atoms with Gasteiger partial charge in [0, 0.05) is 11.8 Å². The average molecular weight is 277 g/mol. The lowest BCUT2D eigenvalue weighted by atomic mass is 10.0. The van der Waals surface area contributed by atoms with Crippen molar-refractivity contribution in [1.82, 2.24) is 9.97 Å². The third-order valence-electron chi connectivity index (χ3n) is 2.90. The largest absolute Gasteiger partial charge is 0.439 e. The molecule has 1 aromatic heterocycles. The van der Waals surface area contributed by atoms with E-state index in [0.29, 0.717) is 11.8 Å². The quantitative estimate of drug-likeness (QED) is 0.765. The molecule has 2 aromatic rings. The maximum absolute atomic E-state index is 5.84. The Morgan fingerprint density at radius 2 is 1.84 bits per heavy atom. The summed E-state index contributed by atoms with van der Waals surface area (Å²) in [5, 5.41) is 0.202. The van der Waals surface area contributed by atoms with Gasteiger partial charge in [0.1, 0.15) is 5.75 Å². The second kappa shape index (κ2) is 5.57. The summed E-state index contributed by atoms with van der Waals surface area (Å²) in [5.41, 5.74) is 3.09. The molecule has 0 amide bonds. The van der Waals surface area contributed by atoms with Gasteiger partial charge >= 0.3 is 0 Å². The molecule has 0 saturated carbocycles. The molecule has 0 unspecified atom stereocenters. The van der Waals surface area contributed by atoms with E-state index in [0.717, 1.165) is 17.0 Å². The molecule has 0 atom stereocenters. The summed E-state index contributed by atoms with van der Waals surface area (Å²) in [4.78, 5) is 8.10. The second-order valence-corrected chi connectivity index (χ2v) is 5.24. The fourth-order valence-electron chi connectivity index (χ4n) is 1.76. The first-order chi connectivity index (χ1) is 8.95. The highest BCUT2D eigenvalue weighted by Crippen LogP contribution is 2.28. The Bertz CT molecular complexity index is 576. The van der Waals surface area contributed by atoms with Crippen molar-refractivity contribution in [2.24, 2.45) is 0 Å². The van der Waals surface area contributed by atoms with E-state index in [1.165, 1.54) is 5.56 Å². The molecule has 0 aliphatic heterocycles. The Morgan fingerprint density at radius 1 is 1.11 bits per heavy atom. The summed E-state index contributed by atoms with van der Waals surface area (Å²) in [7, 11) is 0. The summed E-state index contributed by atoms with van der Waals surface area (Å²) >= 11 is 5.84. The number of hydrogen-bond acceptors (Lipinski definition) is 3. The van der Waals surface area contributed by atoms with Crippen LogP contribution in [0.3, 0.4) is 0 Å². The third kappa shape index (κ3) is 3.44. The van der Waals surface area contributed by atoms with Crippen molar-refractivity contribution in [3.63, 3.8) is 0 Å². The molecule has 0 spiro atoms. The van der Waals surface area contributed by atoms with Crippen LogP contribution in [-0.2, 0) is 0 Å². The third-order valence-corrected chi connectivity index (χ3v) is 3.07. The SMILES string of the molecule is Cc1cc(Oc2cc(C(C)C)ccc2C)nc(Cl)n1. The highest BCUT2D eigenvalue weighted by molar-refractivity contribution is 6.28. The summed E-state index contributed by atoms with van der Waals surface area (Å²) < 4.78 is 5.83. The number of halogens is 1. The molecule has 1 heterocycles. The second-order valence-electron chi connectivity index (χ2n) is 4.90. The fraction of sp³-hybridized carbons (Fsp3) is 0.333. The first kappa shape index (κ1) is 13.8. The van der Waals surface area contributed by atoms with Gasteiger partial charge in [0.2, 0.25) is 11.2 Å². The molecule has 19 heavy (non-hydrogen) atoms. The monoisotopic (exact) mass is 276 g/mol. The van der Waals surface area contributed by atoms with E-state index in [9.17, 15) is 0 Å². The predicted octanol–water partition coefficient (Wildman–Crippen LogP) is 4.66. The van der Waals surface area contributed by atoms with Gasteiger partial charge in [-0.3, -0.25) is 0 Å². The first-order valence-corrected chi connectivity index (χ1v) is 6.63. The average Bonchev–Trinajstić information content (AvgIpc) is 2.30. The molecule has 3 nitrogen and oxygen atoms in total. The summed E-state index contributed by atoms with van der Waals surface area (Å²) in [6, 6.07) is 7.99. The van der Waals surface area contributed by atoms with Crippen LogP contribution < -0.4 is 4.74 Å². The number of rotatable bonds is 3. The minimum Gasteiger partial charge on any atom is -0.439 e. The molecule has 0 saturated heterocycles. The van der Waals surface area contributed by atoms with E-state index < -0.39 is 0 Å². The lowest BCUT2D eigenvalue weighted by molar-refractivity contribution is 0.456. The maximum Gasteiger partial charge on any atom is 0.225 e. The Kier molecular flexibility index (Phi) is 4.05. The molecule has 4 heteroatoms. The number of nitrogens with zero attached hydrogens (tertiary/aromatic N) is 2. The minimum atomic E-state index is 0.202. The van der Waals surface area contributed by atoms with Crippen LogP contribution in [0.2, 0.25) is 5.28 Å². The van der Waals surface area contributed by atoms with E-state index in [1.54, 1.807) is 6.07 Å². The highest BCUT2D eigenvalue weighted by atomic mass is 35.5. The maximum atomic E-state index is 5.84. The van der Waals surface area contributed by atoms with E-state index in [1.807, 2.05) is 19.9 Å². The molecular weight excluding hydrogens is 260 g/mol. The first-order valence-electron chi connectivity index (χ1n) is 6.25. The van der Waals surface area contributed by atoms with Crippen LogP contribution in [0.1, 0.15) is 36.6 Å². The molecule has 2 rings (SSSR count). The molecule has 0 bridgehead atoms. The molecular formula is C15H17ClN2O. The molecule has 0 aliphatic carbocycles. The van der Waals surface area contributed by atoms with Gasteiger partial charge in [-0.05, 0) is 48.6 Å². The van der Waals surface area contributed by atoms with Gasteiger partial charge in [0.15, 0.2) is 0 Å². The Balaban J connectivity index is 2.34. The van der Waals surface area contributed by atoms with Crippen molar-refractivity contribution in [3.8, 4) is 11.6 Å². The van der Waals surface area contributed by atoms with Gasteiger partial charge in [0.25, 0.3) is 0 Å². The van der Waals surface area contributed by atoms with Gasteiger partial charge in [-0.25, -0.2) is 4.98 Å². The summed E-state index contributed by atoms with van der Waals surface area (Å²) in [5.74, 6) is 1.74. The van der Waals surface area contributed by atoms with Crippen LogP contribution in [-0.4, -0.2) is 9.97 Å². The zero-order valence-electron chi connectivity index (χ0n) is 11.6. The highest BCUT2D eigenvalue weighted by Gasteiger charge is 2.08. The van der Waals surface area contributed by atoms with Crippen LogP contribution in [0.25, 0.3) is 0 Å². The number of hydrogen-bond donors (Lipinski definition) is 0. The van der Waals surface area contributed by atoms with Crippen molar-refractivity contribution in [2.75, 3.05) is 0 Å². The predicted molar refractivity (Wildman–Crippen MR) is 77.1 cm³/mol. The molecule has 0 radical (unpaired) electrons.